The Balaban J connectivity index is 0.000000111. The molecule has 5 aliphatic rings. The van der Waals surface area contributed by atoms with Crippen LogP contribution in [0.4, 0.5) is 0 Å². The topological polar surface area (TPSA) is 0 Å². The maximum absolute atomic E-state index is 2.36. The first-order valence-corrected chi connectivity index (χ1v) is 31.3. The summed E-state index contributed by atoms with van der Waals surface area (Å²) in [5.74, 6) is 0. The van der Waals surface area contributed by atoms with Crippen LogP contribution in [0.2, 0.25) is 0 Å². The van der Waals surface area contributed by atoms with Gasteiger partial charge in [-0.05, 0) is 382 Å². The summed E-state index contributed by atoms with van der Waals surface area (Å²) >= 11 is 0. The molecule has 0 saturated carbocycles. The molecule has 10 aromatic rings. The Morgan fingerprint density at radius 1 is 0.176 bits per heavy atom. The van der Waals surface area contributed by atoms with Gasteiger partial charge < -0.3 is 0 Å². The molecule has 0 nitrogen and oxygen atoms in total. The van der Waals surface area contributed by atoms with E-state index < -0.39 is 0 Å². The van der Waals surface area contributed by atoms with E-state index in [4.69, 9.17) is 0 Å². The number of hydrogen-bond donors (Lipinski definition) is 0. The molecule has 0 unspecified atom stereocenters. The largest absolute Gasteiger partial charge is 0.0587 e. The molecule has 0 aromatic heterocycles. The minimum absolute atomic E-state index is 1.10. The van der Waals surface area contributed by atoms with Crippen LogP contribution in [0.1, 0.15) is 167 Å². The highest BCUT2D eigenvalue weighted by atomic mass is 14.3. The number of hydrogen-bond acceptors (Lipinski definition) is 0. The van der Waals surface area contributed by atoms with Gasteiger partial charge in [0, 0.05) is 0 Å². The van der Waals surface area contributed by atoms with Crippen LogP contribution in [0.15, 0.2) is 121 Å². The van der Waals surface area contributed by atoms with Crippen molar-refractivity contribution in [3.05, 3.63) is 288 Å². The van der Waals surface area contributed by atoms with Crippen LogP contribution in [-0.4, -0.2) is 0 Å². The Hall–Kier alpha value is -7.80. The maximum Gasteiger partial charge on any atom is -0.00106 e. The smallest absolute Gasteiger partial charge is 0.00106 e. The Morgan fingerprint density at radius 2 is 0.506 bits per heavy atom. The van der Waals surface area contributed by atoms with Crippen molar-refractivity contribution in [2.75, 3.05) is 0 Å². The lowest BCUT2D eigenvalue weighted by Gasteiger charge is -2.09. The lowest BCUT2D eigenvalue weighted by atomic mass is 9.96. The van der Waals surface area contributed by atoms with Crippen molar-refractivity contribution in [3.63, 3.8) is 0 Å². The first-order valence-electron chi connectivity index (χ1n) is 31.3. The zero-order valence-corrected chi connectivity index (χ0v) is 55.1. The van der Waals surface area contributed by atoms with Gasteiger partial charge >= 0.3 is 0 Å². The van der Waals surface area contributed by atoms with Crippen molar-refractivity contribution < 1.29 is 0 Å². The van der Waals surface area contributed by atoms with Crippen LogP contribution >= 0.6 is 0 Å². The molecule has 430 valence electrons. The van der Waals surface area contributed by atoms with Gasteiger partial charge in [0.1, 0.15) is 0 Å². The Bertz CT molecular complexity index is 4330. The Kier molecular flexibility index (Phi) is 15.9. The van der Waals surface area contributed by atoms with Crippen molar-refractivity contribution in [2.24, 2.45) is 0 Å². The molecule has 0 spiro atoms. The quantitative estimate of drug-likeness (QED) is 0.142. The maximum atomic E-state index is 2.36. The van der Waals surface area contributed by atoms with Crippen molar-refractivity contribution in [1.29, 1.82) is 0 Å². The predicted molar refractivity (Wildman–Crippen MR) is 368 cm³/mol. The first-order chi connectivity index (χ1) is 40.3. The molecular weight excluding hydrogens is 1020 g/mol. The summed E-state index contributed by atoms with van der Waals surface area (Å²) < 4.78 is 0. The molecule has 5 aliphatic carbocycles. The molecule has 0 fully saturated rings. The molecule has 0 heterocycles. The van der Waals surface area contributed by atoms with Gasteiger partial charge in [-0.15, -0.1) is 0 Å². The molecular formula is C85H90. The molecule has 10 aromatic carbocycles. The first kappa shape index (κ1) is 59.0. The summed E-state index contributed by atoms with van der Waals surface area (Å²) in [6.45, 7) is 44.2. The average Bonchev–Trinajstić information content (AvgIpc) is 2.89. The summed E-state index contributed by atoms with van der Waals surface area (Å²) in [6, 6.07) is 46.6. The van der Waals surface area contributed by atoms with Crippen molar-refractivity contribution >= 4 is 0 Å². The van der Waals surface area contributed by atoms with Crippen molar-refractivity contribution in [3.8, 4) is 55.6 Å². The third kappa shape index (κ3) is 11.1. The van der Waals surface area contributed by atoms with Gasteiger partial charge in [-0.1, -0.05) is 132 Å². The van der Waals surface area contributed by atoms with Gasteiger partial charge in [-0.25, -0.2) is 0 Å². The zero-order chi connectivity index (χ0) is 60.8. The van der Waals surface area contributed by atoms with Crippen LogP contribution in [0.3, 0.4) is 0 Å². The van der Waals surface area contributed by atoms with E-state index in [0.29, 0.717) is 0 Å². The van der Waals surface area contributed by atoms with Crippen LogP contribution < -0.4 is 0 Å². The summed E-state index contributed by atoms with van der Waals surface area (Å²) in [5, 5.41) is 0. The molecule has 0 N–H and O–H groups in total. The molecule has 0 amide bonds. The highest BCUT2D eigenvalue weighted by Crippen LogP contribution is 2.45. The second-order valence-electron chi connectivity index (χ2n) is 26.8. The number of fused-ring (bicyclic) bond motifs is 15. The normalized spacial score (nSPS) is 12.5. The summed E-state index contributed by atoms with van der Waals surface area (Å²) in [5.41, 5.74) is 57.8. The highest BCUT2D eigenvalue weighted by molar-refractivity contribution is 5.84. The van der Waals surface area contributed by atoms with Crippen molar-refractivity contribution in [2.45, 2.75) is 171 Å². The van der Waals surface area contributed by atoms with Crippen LogP contribution in [0, 0.1) is 138 Å². The van der Waals surface area contributed by atoms with Crippen LogP contribution in [-0.2, 0) is 32.1 Å². The van der Waals surface area contributed by atoms with E-state index in [-0.39, 0.29) is 0 Å². The van der Waals surface area contributed by atoms with E-state index in [1.54, 1.807) is 0 Å². The SMILES string of the molecule is Cc1cc(C)c2c(c1)-c1cc(C)c(C)cc1C2.Cc1cc(C)c2c(c1)Cc1cc(C)c(C)cc1-2.Cc1cc2c(cc1C)-c1c(C)ccc(C)c1C2.Cc1cc2c(cc1C)-c1cc(C)c(C)cc1C2.Cc1cc2c(cc1C)-c1ccc(C)c(C)c1C2. The lowest BCUT2D eigenvalue weighted by molar-refractivity contribution is 1.18. The molecule has 0 atom stereocenters. The lowest BCUT2D eigenvalue weighted by Crippen LogP contribution is -1.89. The van der Waals surface area contributed by atoms with Gasteiger partial charge in [-0.2, -0.15) is 0 Å². The minimum atomic E-state index is 1.10. The van der Waals surface area contributed by atoms with E-state index in [1.807, 2.05) is 0 Å². The molecule has 0 saturated heterocycles. The number of aryl methyl sites for hydroxylation is 19. The molecule has 15 rings (SSSR count). The van der Waals surface area contributed by atoms with Crippen LogP contribution in [0.5, 0.6) is 0 Å². The molecule has 0 heteroatoms. The van der Waals surface area contributed by atoms with Gasteiger partial charge in [0.05, 0.1) is 0 Å². The van der Waals surface area contributed by atoms with Gasteiger partial charge in [0.2, 0.25) is 0 Å². The van der Waals surface area contributed by atoms with E-state index in [9.17, 15) is 0 Å². The van der Waals surface area contributed by atoms with E-state index in [2.05, 4.69) is 260 Å². The number of benzene rings is 10. The van der Waals surface area contributed by atoms with E-state index in [1.165, 1.54) is 223 Å². The van der Waals surface area contributed by atoms with E-state index in [0.717, 1.165) is 32.1 Å². The minimum Gasteiger partial charge on any atom is -0.0587 e. The Labute approximate surface area is 511 Å². The molecule has 0 aliphatic heterocycles. The summed E-state index contributed by atoms with van der Waals surface area (Å²) in [4.78, 5) is 0. The highest BCUT2D eigenvalue weighted by Gasteiger charge is 2.26. The van der Waals surface area contributed by atoms with Gasteiger partial charge in [0.25, 0.3) is 0 Å². The molecule has 0 radical (unpaired) electrons. The monoisotopic (exact) mass is 1110 g/mol. The number of rotatable bonds is 0. The third-order valence-corrected chi connectivity index (χ3v) is 20.4. The van der Waals surface area contributed by atoms with Gasteiger partial charge in [-0.3, -0.25) is 0 Å². The summed E-state index contributed by atoms with van der Waals surface area (Å²) in [7, 11) is 0. The zero-order valence-electron chi connectivity index (χ0n) is 55.1. The second-order valence-corrected chi connectivity index (χ2v) is 26.8. The average molecular weight is 1110 g/mol. The summed E-state index contributed by atoms with van der Waals surface area (Å²) in [6.07, 6.45) is 5.54. The standard InChI is InChI=1S/5C17H18/c1-10-5-14-9-15-6-11(2)13(4)8-17(15)16(14)7-12(10)3;1-10-5-13(4)15-9-14-7-11(2)12(3)8-16(14)17(15)6-10;1-10-5-13(4)17-15(6-10)9-14-7-11(2)12(3)8-16(14)17;1-10-5-6-15-16(13(10)4)9-14-7-11(2)12(3)8-17(14)15;1-10-5-6-11(2)17-15(10)9-14-7-12(3)13(4)8-16(14)17/h5*5-8H,9H2,1-4H3. The Morgan fingerprint density at radius 3 is 1.01 bits per heavy atom. The third-order valence-electron chi connectivity index (χ3n) is 20.4. The second kappa shape index (κ2) is 22.9. The van der Waals surface area contributed by atoms with E-state index >= 15 is 0 Å². The fourth-order valence-electron chi connectivity index (χ4n) is 14.5. The fourth-order valence-corrected chi connectivity index (χ4v) is 14.5. The van der Waals surface area contributed by atoms with Crippen LogP contribution in [0.25, 0.3) is 55.6 Å². The molecule has 85 heavy (non-hydrogen) atoms. The van der Waals surface area contributed by atoms with Gasteiger partial charge in [0.15, 0.2) is 0 Å². The fraction of sp³-hybridized carbons (Fsp3) is 0.294. The predicted octanol–water partition coefficient (Wildman–Crippen LogP) is 22.5. The molecule has 0 bridgehead atoms. The van der Waals surface area contributed by atoms with Crippen molar-refractivity contribution in [1.82, 2.24) is 0 Å².